The van der Waals surface area contributed by atoms with E-state index in [4.69, 9.17) is 9.97 Å². The van der Waals surface area contributed by atoms with E-state index in [1.165, 1.54) is 53.0 Å². The molecule has 0 spiro atoms. The molecule has 0 unspecified atom stereocenters. The lowest BCUT2D eigenvalue weighted by Crippen LogP contribution is -1.97. The van der Waals surface area contributed by atoms with E-state index in [1.54, 1.807) is 0 Å². The summed E-state index contributed by atoms with van der Waals surface area (Å²) in [5.41, 5.74) is 10.1. The molecule has 0 saturated heterocycles. The maximum Gasteiger partial charge on any atom is 0.162 e. The maximum atomic E-state index is 5.26. The quantitative estimate of drug-likeness (QED) is 0.169. The molecule has 7 heteroatoms. The Balaban J connectivity index is 1.11. The Morgan fingerprint density at radius 3 is 1.38 bits per heavy atom. The zero-order chi connectivity index (χ0) is 37.0. The fourth-order valence-corrected chi connectivity index (χ4v) is 9.73. The molecule has 7 aromatic carbocycles. The Morgan fingerprint density at radius 1 is 0.304 bits per heavy atom. The van der Waals surface area contributed by atoms with Crippen molar-refractivity contribution in [3.05, 3.63) is 176 Å². The van der Waals surface area contributed by atoms with E-state index in [0.29, 0.717) is 11.6 Å². The van der Waals surface area contributed by atoms with Crippen molar-refractivity contribution in [1.82, 2.24) is 24.9 Å². The van der Waals surface area contributed by atoms with Gasteiger partial charge in [-0.15, -0.1) is 22.7 Å². The first-order valence-corrected chi connectivity index (χ1v) is 20.0. The van der Waals surface area contributed by atoms with Gasteiger partial charge in [0.15, 0.2) is 11.6 Å². The minimum absolute atomic E-state index is 0.631. The summed E-state index contributed by atoms with van der Waals surface area (Å²) < 4.78 is 5.17. The molecule has 56 heavy (non-hydrogen) atoms. The molecule has 0 aliphatic carbocycles. The summed E-state index contributed by atoms with van der Waals surface area (Å²) in [7, 11) is 0. The number of hydrogen-bond acceptors (Lipinski definition) is 7. The van der Waals surface area contributed by atoms with Gasteiger partial charge in [0.05, 0.1) is 11.4 Å². The molecule has 0 aliphatic heterocycles. The summed E-state index contributed by atoms with van der Waals surface area (Å²) in [4.78, 5) is 23.0. The average molecular weight is 752 g/mol. The van der Waals surface area contributed by atoms with Crippen LogP contribution in [0.4, 0.5) is 0 Å². The van der Waals surface area contributed by atoms with Gasteiger partial charge >= 0.3 is 0 Å². The molecule has 11 aromatic rings. The van der Waals surface area contributed by atoms with E-state index in [9.17, 15) is 0 Å². The van der Waals surface area contributed by atoms with E-state index >= 15 is 0 Å². The van der Waals surface area contributed by atoms with E-state index < -0.39 is 0 Å². The zero-order valence-corrected chi connectivity index (χ0v) is 31.4. The molecule has 0 amide bonds. The lowest BCUT2D eigenvalue weighted by Gasteiger charge is -2.14. The fourth-order valence-electron chi connectivity index (χ4n) is 7.56. The fraction of sp³-hybridized carbons (Fsp3) is 0. The van der Waals surface area contributed by atoms with Gasteiger partial charge in [0.25, 0.3) is 0 Å². The van der Waals surface area contributed by atoms with E-state index in [0.717, 1.165) is 55.9 Å². The number of benzene rings is 7. The highest BCUT2D eigenvalue weighted by Crippen LogP contribution is 2.41. The average Bonchev–Trinajstić information content (AvgIpc) is 3.84. The molecular formula is C49H29N5S2. The van der Waals surface area contributed by atoms with E-state index in [1.807, 2.05) is 53.0 Å². The Kier molecular flexibility index (Phi) is 7.79. The van der Waals surface area contributed by atoms with Crippen LogP contribution < -0.4 is 0 Å². The van der Waals surface area contributed by atoms with Crippen molar-refractivity contribution in [2.24, 2.45) is 0 Å². The third-order valence-electron chi connectivity index (χ3n) is 10.3. The standard InChI is InChI=1S/C49H29N5S2/c1-2-8-31(9-3-1)49-53-42(30-14-16-32(17-15-30)48-51-28-50-29-52-48)27-43(54-49)37-23-35(33-18-20-46-40(25-33)38-10-4-6-12-44(38)55-46)22-36(24-37)34-19-21-47-41(26-34)39-11-5-7-13-45(39)56-47/h1-29H. The molecule has 0 bridgehead atoms. The molecule has 4 heterocycles. The Bertz CT molecular complexity index is 3110. The van der Waals surface area contributed by atoms with Gasteiger partial charge in [-0.3, -0.25) is 0 Å². The second-order valence-electron chi connectivity index (χ2n) is 13.8. The molecule has 0 atom stereocenters. The number of nitrogens with zero attached hydrogens (tertiary/aromatic N) is 5. The summed E-state index contributed by atoms with van der Waals surface area (Å²) in [6.07, 6.45) is 3.03. The molecule has 0 N–H and O–H groups in total. The van der Waals surface area contributed by atoms with Crippen molar-refractivity contribution in [1.29, 1.82) is 0 Å². The van der Waals surface area contributed by atoms with Crippen LogP contribution in [0.5, 0.6) is 0 Å². The highest BCUT2D eigenvalue weighted by atomic mass is 32.1. The van der Waals surface area contributed by atoms with Crippen LogP contribution in [0.15, 0.2) is 176 Å². The van der Waals surface area contributed by atoms with E-state index in [-0.39, 0.29) is 0 Å². The van der Waals surface area contributed by atoms with Gasteiger partial charge in [-0.2, -0.15) is 0 Å². The SMILES string of the molecule is c1ccc(-c2nc(-c3ccc(-c4ncncn4)cc3)cc(-c3cc(-c4ccc5sc6ccccc6c5c4)cc(-c4ccc5sc6ccccc6c5c4)c3)n2)cc1. The Morgan fingerprint density at radius 2 is 0.768 bits per heavy atom. The lowest BCUT2D eigenvalue weighted by atomic mass is 9.93. The maximum absolute atomic E-state index is 5.26. The zero-order valence-electron chi connectivity index (χ0n) is 29.8. The van der Waals surface area contributed by atoms with Crippen molar-refractivity contribution in [2.75, 3.05) is 0 Å². The van der Waals surface area contributed by atoms with Gasteiger partial charge in [0, 0.05) is 62.6 Å². The van der Waals surface area contributed by atoms with Crippen LogP contribution in [0, 0.1) is 0 Å². The first-order valence-electron chi connectivity index (χ1n) is 18.4. The minimum Gasteiger partial charge on any atom is -0.228 e. The van der Waals surface area contributed by atoms with Gasteiger partial charge in [-0.05, 0) is 82.9 Å². The number of thiophene rings is 2. The van der Waals surface area contributed by atoms with Crippen molar-refractivity contribution >= 4 is 63.0 Å². The minimum atomic E-state index is 0.631. The van der Waals surface area contributed by atoms with Gasteiger partial charge in [-0.25, -0.2) is 24.9 Å². The molecule has 0 aliphatic rings. The van der Waals surface area contributed by atoms with Crippen LogP contribution in [-0.2, 0) is 0 Å². The molecule has 262 valence electrons. The predicted molar refractivity (Wildman–Crippen MR) is 234 cm³/mol. The van der Waals surface area contributed by atoms with Crippen molar-refractivity contribution in [3.8, 4) is 67.5 Å². The number of rotatable bonds is 6. The molecule has 0 saturated carbocycles. The molecule has 0 radical (unpaired) electrons. The number of hydrogen-bond donors (Lipinski definition) is 0. The summed E-state index contributed by atoms with van der Waals surface area (Å²) in [6, 6.07) is 58.5. The summed E-state index contributed by atoms with van der Waals surface area (Å²) in [6.45, 7) is 0. The third kappa shape index (κ3) is 5.82. The summed E-state index contributed by atoms with van der Waals surface area (Å²) >= 11 is 3.68. The van der Waals surface area contributed by atoms with Gasteiger partial charge in [-0.1, -0.05) is 103 Å². The van der Waals surface area contributed by atoms with Crippen LogP contribution in [0.1, 0.15) is 0 Å². The Labute approximate surface area is 330 Å². The summed E-state index contributed by atoms with van der Waals surface area (Å²) in [5.74, 6) is 1.30. The normalized spacial score (nSPS) is 11.6. The molecule has 0 fully saturated rings. The predicted octanol–water partition coefficient (Wildman–Crippen LogP) is 13.4. The lowest BCUT2D eigenvalue weighted by molar-refractivity contribution is 1.06. The largest absolute Gasteiger partial charge is 0.228 e. The topological polar surface area (TPSA) is 64.5 Å². The van der Waals surface area contributed by atoms with Gasteiger partial charge in [0.2, 0.25) is 0 Å². The van der Waals surface area contributed by atoms with Crippen LogP contribution >= 0.6 is 22.7 Å². The first kappa shape index (κ1) is 32.5. The highest BCUT2D eigenvalue weighted by Gasteiger charge is 2.16. The van der Waals surface area contributed by atoms with E-state index in [2.05, 4.69) is 148 Å². The Hall–Kier alpha value is -6.93. The molecule has 4 aromatic heterocycles. The second-order valence-corrected chi connectivity index (χ2v) is 16.0. The van der Waals surface area contributed by atoms with Crippen molar-refractivity contribution in [2.45, 2.75) is 0 Å². The van der Waals surface area contributed by atoms with Crippen LogP contribution in [0.25, 0.3) is 108 Å². The third-order valence-corrected chi connectivity index (χ3v) is 12.6. The van der Waals surface area contributed by atoms with Crippen LogP contribution in [0.2, 0.25) is 0 Å². The van der Waals surface area contributed by atoms with Crippen molar-refractivity contribution < 1.29 is 0 Å². The monoisotopic (exact) mass is 751 g/mol. The van der Waals surface area contributed by atoms with Crippen LogP contribution in [0.3, 0.4) is 0 Å². The molecule has 11 rings (SSSR count). The molecule has 5 nitrogen and oxygen atoms in total. The smallest absolute Gasteiger partial charge is 0.162 e. The highest BCUT2D eigenvalue weighted by molar-refractivity contribution is 7.26. The molecular weight excluding hydrogens is 723 g/mol. The summed E-state index contributed by atoms with van der Waals surface area (Å²) in [5, 5.41) is 5.12. The number of aromatic nitrogens is 5. The first-order chi connectivity index (χ1) is 27.7. The second kappa shape index (κ2) is 13.4. The van der Waals surface area contributed by atoms with Gasteiger partial charge < -0.3 is 0 Å². The van der Waals surface area contributed by atoms with Crippen molar-refractivity contribution in [3.63, 3.8) is 0 Å². The van der Waals surface area contributed by atoms with Crippen LogP contribution in [-0.4, -0.2) is 24.9 Å². The number of fused-ring (bicyclic) bond motifs is 6. The van der Waals surface area contributed by atoms with Gasteiger partial charge in [0.1, 0.15) is 12.7 Å².